The van der Waals surface area contributed by atoms with Crippen LogP contribution in [-0.2, 0) is 16.7 Å². The molecule has 3 aromatic rings. The summed E-state index contributed by atoms with van der Waals surface area (Å²) in [7, 11) is 1.41. The second kappa shape index (κ2) is 8.22. The number of esters is 1. The molecule has 1 saturated heterocycles. The Balaban J connectivity index is 1.63. The van der Waals surface area contributed by atoms with Crippen molar-refractivity contribution >= 4 is 5.97 Å². The van der Waals surface area contributed by atoms with Gasteiger partial charge in [-0.25, -0.2) is 4.79 Å². The molecule has 29 heavy (non-hydrogen) atoms. The van der Waals surface area contributed by atoms with Crippen molar-refractivity contribution in [3.63, 3.8) is 0 Å². The van der Waals surface area contributed by atoms with Crippen molar-refractivity contribution in [1.82, 2.24) is 4.90 Å². The molecule has 1 aliphatic rings. The van der Waals surface area contributed by atoms with E-state index >= 15 is 0 Å². The van der Waals surface area contributed by atoms with Gasteiger partial charge in [0.2, 0.25) is 0 Å². The van der Waals surface area contributed by atoms with Crippen LogP contribution in [0.5, 0.6) is 0 Å². The highest BCUT2D eigenvalue weighted by atomic mass is 16.5. The molecule has 0 aliphatic carbocycles. The topological polar surface area (TPSA) is 29.5 Å². The molecule has 3 heteroatoms. The SMILES string of the molecule is COC(=O)c1ccc(CN2CCC(c3ccccc3)(c3ccccc3)C2C)cc1. The number of benzene rings is 3. The first-order chi connectivity index (χ1) is 14.1. The lowest BCUT2D eigenvalue weighted by Crippen LogP contribution is -2.41. The van der Waals surface area contributed by atoms with Crippen LogP contribution in [0.3, 0.4) is 0 Å². The van der Waals surface area contributed by atoms with Gasteiger partial charge in [0, 0.05) is 24.5 Å². The number of rotatable bonds is 5. The van der Waals surface area contributed by atoms with Gasteiger partial charge in [0.25, 0.3) is 0 Å². The first kappa shape index (κ1) is 19.4. The molecule has 1 atom stereocenters. The van der Waals surface area contributed by atoms with Gasteiger partial charge in [-0.2, -0.15) is 0 Å². The minimum atomic E-state index is -0.293. The highest BCUT2D eigenvalue weighted by Crippen LogP contribution is 2.45. The van der Waals surface area contributed by atoms with E-state index in [9.17, 15) is 4.79 Å². The Morgan fingerprint density at radius 2 is 1.48 bits per heavy atom. The zero-order valence-electron chi connectivity index (χ0n) is 17.0. The van der Waals surface area contributed by atoms with Crippen molar-refractivity contribution in [2.75, 3.05) is 13.7 Å². The zero-order chi connectivity index (χ0) is 20.3. The number of carbonyl (C=O) groups is 1. The summed E-state index contributed by atoms with van der Waals surface area (Å²) in [5.74, 6) is -0.293. The summed E-state index contributed by atoms with van der Waals surface area (Å²) >= 11 is 0. The van der Waals surface area contributed by atoms with Gasteiger partial charge in [0.15, 0.2) is 0 Å². The van der Waals surface area contributed by atoms with Crippen LogP contribution in [-0.4, -0.2) is 30.6 Å². The molecule has 0 bridgehead atoms. The Bertz CT molecular complexity index is 912. The molecular formula is C26H27NO2. The number of likely N-dealkylation sites (tertiary alicyclic amines) is 1. The van der Waals surface area contributed by atoms with Gasteiger partial charge >= 0.3 is 5.97 Å². The molecule has 148 valence electrons. The van der Waals surface area contributed by atoms with Crippen LogP contribution < -0.4 is 0 Å². The molecule has 1 unspecified atom stereocenters. The van der Waals surface area contributed by atoms with E-state index < -0.39 is 0 Å². The summed E-state index contributed by atoms with van der Waals surface area (Å²) in [6.45, 7) is 4.24. The number of methoxy groups -OCH3 is 1. The predicted octanol–water partition coefficient (Wildman–Crippen LogP) is 5.05. The number of hydrogen-bond donors (Lipinski definition) is 0. The second-order valence-electron chi connectivity index (χ2n) is 7.79. The standard InChI is InChI=1S/C26H27NO2/c1-20-26(23-9-5-3-6-10-23,24-11-7-4-8-12-24)17-18-27(20)19-21-13-15-22(16-14-21)25(28)29-2/h3-16,20H,17-19H2,1-2H3. The number of nitrogens with zero attached hydrogens (tertiary/aromatic N) is 1. The van der Waals surface area contributed by atoms with Crippen LogP contribution in [0.15, 0.2) is 84.9 Å². The second-order valence-corrected chi connectivity index (χ2v) is 7.79. The summed E-state index contributed by atoms with van der Waals surface area (Å²) in [5.41, 5.74) is 4.54. The van der Waals surface area contributed by atoms with Gasteiger partial charge in [-0.15, -0.1) is 0 Å². The quantitative estimate of drug-likeness (QED) is 0.576. The molecule has 3 aromatic carbocycles. The third-order valence-corrected chi connectivity index (χ3v) is 6.39. The Morgan fingerprint density at radius 1 is 0.931 bits per heavy atom. The monoisotopic (exact) mass is 385 g/mol. The van der Waals surface area contributed by atoms with Crippen molar-refractivity contribution < 1.29 is 9.53 Å². The minimum Gasteiger partial charge on any atom is -0.465 e. The lowest BCUT2D eigenvalue weighted by molar-refractivity contribution is 0.0600. The van der Waals surface area contributed by atoms with Crippen molar-refractivity contribution in [3.8, 4) is 0 Å². The van der Waals surface area contributed by atoms with Gasteiger partial charge in [-0.3, -0.25) is 4.90 Å². The average Bonchev–Trinajstić information content (AvgIpc) is 3.12. The molecule has 1 fully saturated rings. The smallest absolute Gasteiger partial charge is 0.337 e. The van der Waals surface area contributed by atoms with Gasteiger partial charge in [0.05, 0.1) is 12.7 Å². The van der Waals surface area contributed by atoms with Crippen LogP contribution in [0, 0.1) is 0 Å². The van der Waals surface area contributed by atoms with Crippen LogP contribution in [0.25, 0.3) is 0 Å². The summed E-state index contributed by atoms with van der Waals surface area (Å²) < 4.78 is 4.80. The third kappa shape index (κ3) is 3.58. The fraction of sp³-hybridized carbons (Fsp3) is 0.269. The molecule has 3 nitrogen and oxygen atoms in total. The Labute approximate surface area is 172 Å². The van der Waals surface area contributed by atoms with E-state index in [4.69, 9.17) is 4.74 Å². The molecule has 0 N–H and O–H groups in total. The average molecular weight is 386 g/mol. The van der Waals surface area contributed by atoms with E-state index in [0.29, 0.717) is 11.6 Å². The van der Waals surface area contributed by atoms with Gasteiger partial charge in [0.1, 0.15) is 0 Å². The van der Waals surface area contributed by atoms with E-state index in [-0.39, 0.29) is 11.4 Å². The lowest BCUT2D eigenvalue weighted by Gasteiger charge is -2.37. The molecule has 0 spiro atoms. The first-order valence-corrected chi connectivity index (χ1v) is 10.2. The highest BCUT2D eigenvalue weighted by Gasteiger charge is 2.47. The zero-order valence-corrected chi connectivity index (χ0v) is 17.0. The van der Waals surface area contributed by atoms with Crippen molar-refractivity contribution in [2.45, 2.75) is 31.3 Å². The Hall–Kier alpha value is -2.91. The lowest BCUT2D eigenvalue weighted by atomic mass is 9.69. The number of hydrogen-bond acceptors (Lipinski definition) is 3. The fourth-order valence-electron chi connectivity index (χ4n) is 4.76. The Morgan fingerprint density at radius 3 is 2.00 bits per heavy atom. The molecule has 1 aliphatic heterocycles. The van der Waals surface area contributed by atoms with Crippen molar-refractivity contribution in [1.29, 1.82) is 0 Å². The molecule has 0 amide bonds. The van der Waals surface area contributed by atoms with E-state index in [1.165, 1.54) is 23.8 Å². The van der Waals surface area contributed by atoms with E-state index in [2.05, 4.69) is 72.5 Å². The van der Waals surface area contributed by atoms with Crippen molar-refractivity contribution in [2.24, 2.45) is 0 Å². The van der Waals surface area contributed by atoms with Crippen LogP contribution in [0.2, 0.25) is 0 Å². The van der Waals surface area contributed by atoms with Gasteiger partial charge < -0.3 is 4.74 Å². The third-order valence-electron chi connectivity index (χ3n) is 6.39. The van der Waals surface area contributed by atoms with E-state index in [0.717, 1.165) is 19.5 Å². The van der Waals surface area contributed by atoms with Crippen LogP contribution >= 0.6 is 0 Å². The van der Waals surface area contributed by atoms with Crippen LogP contribution in [0.1, 0.15) is 40.4 Å². The minimum absolute atomic E-state index is 0.0194. The number of carbonyl (C=O) groups excluding carboxylic acids is 1. The molecule has 0 saturated carbocycles. The summed E-state index contributed by atoms with van der Waals surface area (Å²) in [6, 6.07) is 29.9. The molecule has 4 rings (SSSR count). The first-order valence-electron chi connectivity index (χ1n) is 10.2. The maximum Gasteiger partial charge on any atom is 0.337 e. The number of ether oxygens (including phenoxy) is 1. The highest BCUT2D eigenvalue weighted by molar-refractivity contribution is 5.89. The summed E-state index contributed by atoms with van der Waals surface area (Å²) in [6.07, 6.45) is 1.09. The molecule has 0 aromatic heterocycles. The van der Waals surface area contributed by atoms with Crippen molar-refractivity contribution in [3.05, 3.63) is 107 Å². The largest absolute Gasteiger partial charge is 0.465 e. The van der Waals surface area contributed by atoms with E-state index in [1.807, 2.05) is 24.3 Å². The predicted molar refractivity (Wildman–Crippen MR) is 116 cm³/mol. The van der Waals surface area contributed by atoms with E-state index in [1.54, 1.807) is 0 Å². The summed E-state index contributed by atoms with van der Waals surface area (Å²) in [5, 5.41) is 0. The normalized spacial score (nSPS) is 18.5. The molecular weight excluding hydrogens is 358 g/mol. The van der Waals surface area contributed by atoms with Gasteiger partial charge in [-0.1, -0.05) is 72.8 Å². The van der Waals surface area contributed by atoms with Crippen LogP contribution in [0.4, 0.5) is 0 Å². The summed E-state index contributed by atoms with van der Waals surface area (Å²) in [4.78, 5) is 14.2. The molecule has 1 heterocycles. The Kier molecular flexibility index (Phi) is 5.50. The fourth-order valence-corrected chi connectivity index (χ4v) is 4.76. The maximum absolute atomic E-state index is 11.7. The van der Waals surface area contributed by atoms with Gasteiger partial charge in [-0.05, 0) is 42.2 Å². The maximum atomic E-state index is 11.7. The molecule has 0 radical (unpaired) electrons.